The van der Waals surface area contributed by atoms with Crippen LogP contribution in [-0.2, 0) is 4.79 Å². The van der Waals surface area contributed by atoms with E-state index in [1.54, 1.807) is 12.1 Å². The Hall–Kier alpha value is -2.08. The zero-order valence-corrected chi connectivity index (χ0v) is 10.5. The lowest BCUT2D eigenvalue weighted by molar-refractivity contribution is -0.121. The molecule has 0 aliphatic carbocycles. The molecule has 1 aliphatic rings. The maximum absolute atomic E-state index is 11.6. The second-order valence-corrected chi connectivity index (χ2v) is 4.30. The highest BCUT2D eigenvalue weighted by atomic mass is 16.2. The lowest BCUT2D eigenvalue weighted by atomic mass is 9.96. The third kappa shape index (κ3) is 3.23. The summed E-state index contributed by atoms with van der Waals surface area (Å²) >= 11 is 0. The van der Waals surface area contributed by atoms with Gasteiger partial charge in [-0.25, -0.2) is 0 Å². The fourth-order valence-electron chi connectivity index (χ4n) is 2.00. The fraction of sp³-hybridized carbons (Fsp3) is 0.385. The van der Waals surface area contributed by atoms with E-state index in [9.17, 15) is 9.59 Å². The van der Waals surface area contributed by atoms with Crippen LogP contribution in [0.25, 0.3) is 0 Å². The highest BCUT2D eigenvalue weighted by Crippen LogP contribution is 2.30. The number of benzene rings is 1. The molecule has 6 heteroatoms. The predicted molar refractivity (Wildman–Crippen MR) is 69.7 cm³/mol. The van der Waals surface area contributed by atoms with Crippen molar-refractivity contribution >= 4 is 11.8 Å². The molecule has 0 spiro atoms. The lowest BCUT2D eigenvalue weighted by Gasteiger charge is -2.17. The number of hydrogen-bond acceptors (Lipinski definition) is 4. The zero-order valence-electron chi connectivity index (χ0n) is 10.5. The molecule has 0 saturated heterocycles. The van der Waals surface area contributed by atoms with Crippen LogP contribution in [0.2, 0.25) is 0 Å². The lowest BCUT2D eigenvalue weighted by Crippen LogP contribution is -2.29. The summed E-state index contributed by atoms with van der Waals surface area (Å²) in [5, 5.41) is 10.3. The number of fused-ring (bicyclic) bond motifs is 1. The molecule has 1 heterocycles. The summed E-state index contributed by atoms with van der Waals surface area (Å²) in [6.07, 6.45) is 0.871. The molecule has 2 amide bonds. The van der Waals surface area contributed by atoms with E-state index >= 15 is 0 Å². The number of carbonyl (C=O) groups is 2. The summed E-state index contributed by atoms with van der Waals surface area (Å²) in [6.45, 7) is 0.895. The number of nitrogens with two attached hydrogens (primary N) is 1. The molecule has 1 atom stereocenters. The van der Waals surface area contributed by atoms with E-state index < -0.39 is 0 Å². The Balaban J connectivity index is 2.00. The van der Waals surface area contributed by atoms with Crippen LogP contribution in [0, 0.1) is 0 Å². The summed E-state index contributed by atoms with van der Waals surface area (Å²) in [6, 6.07) is 7.01. The first-order valence-electron chi connectivity index (χ1n) is 6.23. The Bertz CT molecular complexity index is 513. The first-order valence-corrected chi connectivity index (χ1v) is 6.23. The fourth-order valence-corrected chi connectivity index (χ4v) is 2.00. The molecular weight excluding hydrogens is 244 g/mol. The topological polar surface area (TPSA) is 96.9 Å². The summed E-state index contributed by atoms with van der Waals surface area (Å²) < 4.78 is 0. The minimum atomic E-state index is -0.320. The van der Waals surface area contributed by atoms with Crippen molar-refractivity contribution in [2.75, 3.05) is 13.1 Å². The molecule has 1 unspecified atom stereocenters. The molecule has 1 aromatic rings. The van der Waals surface area contributed by atoms with Crippen LogP contribution < -0.4 is 11.1 Å². The number of nitrogens with one attached hydrogen (secondary N) is 1. The normalized spacial score (nSPS) is 17.1. The summed E-state index contributed by atoms with van der Waals surface area (Å²) in [7, 11) is 0. The number of rotatable bonds is 5. The molecule has 100 valence electrons. The van der Waals surface area contributed by atoms with Crippen molar-refractivity contribution < 1.29 is 9.59 Å². The predicted octanol–water partition coefficient (Wildman–Crippen LogP) is 1.19. The summed E-state index contributed by atoms with van der Waals surface area (Å²) in [5.41, 5.74) is 6.72. The largest absolute Gasteiger partial charge is 0.355 e. The van der Waals surface area contributed by atoms with Crippen LogP contribution in [0.3, 0.4) is 0 Å². The van der Waals surface area contributed by atoms with Gasteiger partial charge in [-0.15, -0.1) is 5.11 Å². The SMILES string of the molecule is NCCNC(=O)CCC1N=NC(=O)c2ccccc21. The molecule has 0 aromatic heterocycles. The van der Waals surface area contributed by atoms with Crippen molar-refractivity contribution in [2.45, 2.75) is 18.9 Å². The van der Waals surface area contributed by atoms with E-state index in [4.69, 9.17) is 5.73 Å². The van der Waals surface area contributed by atoms with Gasteiger partial charge in [-0.3, -0.25) is 9.59 Å². The van der Waals surface area contributed by atoms with E-state index in [0.29, 0.717) is 31.5 Å². The van der Waals surface area contributed by atoms with E-state index in [1.165, 1.54) is 0 Å². The molecule has 0 saturated carbocycles. The van der Waals surface area contributed by atoms with Gasteiger partial charge in [0.05, 0.1) is 6.04 Å². The number of nitrogens with zero attached hydrogens (tertiary/aromatic N) is 2. The van der Waals surface area contributed by atoms with Gasteiger partial charge in [-0.1, -0.05) is 18.2 Å². The van der Waals surface area contributed by atoms with Crippen LogP contribution in [0.4, 0.5) is 0 Å². The van der Waals surface area contributed by atoms with E-state index in [1.807, 2.05) is 12.1 Å². The highest BCUT2D eigenvalue weighted by molar-refractivity contribution is 5.96. The minimum absolute atomic E-state index is 0.0602. The van der Waals surface area contributed by atoms with Gasteiger partial charge in [0, 0.05) is 25.1 Å². The quantitative estimate of drug-likeness (QED) is 0.832. The van der Waals surface area contributed by atoms with Gasteiger partial charge in [0.25, 0.3) is 5.91 Å². The van der Waals surface area contributed by atoms with E-state index in [2.05, 4.69) is 15.5 Å². The molecular formula is C13H16N4O2. The second kappa shape index (κ2) is 6.19. The first-order chi connectivity index (χ1) is 9.22. The average Bonchev–Trinajstić information content (AvgIpc) is 2.45. The maximum Gasteiger partial charge on any atom is 0.295 e. The third-order valence-electron chi connectivity index (χ3n) is 2.95. The van der Waals surface area contributed by atoms with Gasteiger partial charge in [-0.2, -0.15) is 5.11 Å². The van der Waals surface area contributed by atoms with Gasteiger partial charge in [0.1, 0.15) is 0 Å². The van der Waals surface area contributed by atoms with Crippen LogP contribution in [0.15, 0.2) is 34.5 Å². The van der Waals surface area contributed by atoms with Gasteiger partial charge in [0.2, 0.25) is 5.91 Å². The van der Waals surface area contributed by atoms with Gasteiger partial charge in [-0.05, 0) is 18.1 Å². The Kier molecular flexibility index (Phi) is 4.35. The highest BCUT2D eigenvalue weighted by Gasteiger charge is 2.23. The van der Waals surface area contributed by atoms with E-state index in [-0.39, 0.29) is 17.9 Å². The van der Waals surface area contributed by atoms with Crippen molar-refractivity contribution in [3.05, 3.63) is 35.4 Å². The third-order valence-corrected chi connectivity index (χ3v) is 2.95. The Morgan fingerprint density at radius 2 is 2.16 bits per heavy atom. The molecule has 6 nitrogen and oxygen atoms in total. The molecule has 19 heavy (non-hydrogen) atoms. The Labute approximate surface area is 111 Å². The van der Waals surface area contributed by atoms with E-state index in [0.717, 1.165) is 5.56 Å². The zero-order chi connectivity index (χ0) is 13.7. The van der Waals surface area contributed by atoms with Crippen LogP contribution in [-0.4, -0.2) is 24.9 Å². The first kappa shape index (κ1) is 13.4. The van der Waals surface area contributed by atoms with Crippen LogP contribution in [0.5, 0.6) is 0 Å². The minimum Gasteiger partial charge on any atom is -0.355 e. The Morgan fingerprint density at radius 1 is 1.37 bits per heavy atom. The van der Waals surface area contributed by atoms with Crippen molar-refractivity contribution in [3.63, 3.8) is 0 Å². The Morgan fingerprint density at radius 3 is 2.95 bits per heavy atom. The standard InChI is InChI=1S/C13H16N4O2/c14-7-8-15-12(18)6-5-11-9-3-1-2-4-10(9)13(19)17-16-11/h1-4,11H,5-8,14H2,(H,15,18). The van der Waals surface area contributed by atoms with Crippen molar-refractivity contribution in [1.82, 2.24) is 5.32 Å². The van der Waals surface area contributed by atoms with Crippen LogP contribution >= 0.6 is 0 Å². The van der Waals surface area contributed by atoms with Crippen molar-refractivity contribution in [1.29, 1.82) is 0 Å². The molecule has 1 aliphatic heterocycles. The molecule has 2 rings (SSSR count). The number of azo groups is 1. The molecule has 1 aromatic carbocycles. The van der Waals surface area contributed by atoms with Gasteiger partial charge < -0.3 is 11.1 Å². The van der Waals surface area contributed by atoms with Crippen LogP contribution in [0.1, 0.15) is 34.8 Å². The van der Waals surface area contributed by atoms with Crippen molar-refractivity contribution in [3.8, 4) is 0 Å². The second-order valence-electron chi connectivity index (χ2n) is 4.30. The van der Waals surface area contributed by atoms with Gasteiger partial charge >= 0.3 is 0 Å². The van der Waals surface area contributed by atoms with Crippen molar-refractivity contribution in [2.24, 2.45) is 16.0 Å². The van der Waals surface area contributed by atoms with Gasteiger partial charge in [0.15, 0.2) is 0 Å². The molecule has 0 fully saturated rings. The number of amides is 2. The maximum atomic E-state index is 11.6. The number of carbonyl (C=O) groups excluding carboxylic acids is 2. The molecule has 0 bridgehead atoms. The number of hydrogen-bond donors (Lipinski definition) is 2. The summed E-state index contributed by atoms with van der Waals surface area (Å²) in [4.78, 5) is 23.1. The summed E-state index contributed by atoms with van der Waals surface area (Å²) in [5.74, 6) is -0.380. The molecule has 3 N–H and O–H groups in total. The average molecular weight is 260 g/mol. The molecule has 0 radical (unpaired) electrons. The monoisotopic (exact) mass is 260 g/mol. The smallest absolute Gasteiger partial charge is 0.295 e.